The summed E-state index contributed by atoms with van der Waals surface area (Å²) in [6, 6.07) is 11.3. The van der Waals surface area contributed by atoms with Gasteiger partial charge in [-0.25, -0.2) is 18.4 Å². The molecule has 0 aliphatic heterocycles. The lowest BCUT2D eigenvalue weighted by Crippen LogP contribution is -2.35. The summed E-state index contributed by atoms with van der Waals surface area (Å²) >= 11 is 0. The Morgan fingerprint density at radius 1 is 1.06 bits per heavy atom. The number of hydrogen-bond acceptors (Lipinski definition) is 5. The molecule has 1 atom stereocenters. The molecule has 1 aromatic carbocycles. The van der Waals surface area contributed by atoms with Gasteiger partial charge in [-0.3, -0.25) is 0 Å². The van der Waals surface area contributed by atoms with Crippen LogP contribution in [-0.2, 0) is 21.2 Å². The molecule has 0 amide bonds. The largest absolute Gasteiger partial charge is 0.480 e. The summed E-state index contributed by atoms with van der Waals surface area (Å²) in [6.45, 7) is 10.6. The summed E-state index contributed by atoms with van der Waals surface area (Å²) in [7, 11) is -1.52. The molecule has 1 unspecified atom stereocenters. The Hall–Kier alpha value is -2.37. The third-order valence-corrected chi connectivity index (χ3v) is 6.88. The van der Waals surface area contributed by atoms with Crippen LogP contribution in [0.3, 0.4) is 0 Å². The van der Waals surface area contributed by atoms with E-state index in [4.69, 9.17) is 5.11 Å². The van der Waals surface area contributed by atoms with Crippen molar-refractivity contribution in [3.8, 4) is 6.07 Å². The molecular weight excluding hydrogens is 462 g/mol. The topological polar surface area (TPSA) is 124 Å². The number of nitrogens with two attached hydrogens (primary N) is 1. The first-order chi connectivity index (χ1) is 16.4. The fraction of sp³-hybridized carbons (Fsp3) is 0.630. The normalized spacial score (nSPS) is 14.3. The standard InChI is InChI=1S/C16H20N2O2.C6H12.C3H9NO2S.C2H6/c1-4-15(18(3)12(2)16(19)20)14(11-17)10-13-8-6-5-7-9-13;1-2-4-6-5-3-1;1-3(2)7(4,5)6;1-2/h5-9,12H,4,10H2,1-3H3,(H,19,20);1-6H2;3H,1-2H3,(H2,4,5,6);1-2H3/b15-14+;;;. The molecule has 35 heavy (non-hydrogen) atoms. The van der Waals surface area contributed by atoms with Crippen molar-refractivity contribution in [3.05, 3.63) is 47.2 Å². The average molecular weight is 510 g/mol. The molecule has 7 nitrogen and oxygen atoms in total. The molecular formula is C27H47N3O4S. The molecule has 3 N–H and O–H groups in total. The van der Waals surface area contributed by atoms with Crippen LogP contribution in [0.4, 0.5) is 0 Å². The number of nitriles is 1. The van der Waals surface area contributed by atoms with Gasteiger partial charge in [-0.15, -0.1) is 0 Å². The number of nitrogens with zero attached hydrogens (tertiary/aromatic N) is 2. The number of aliphatic carboxylic acids is 1. The minimum absolute atomic E-state index is 0.451. The van der Waals surface area contributed by atoms with E-state index in [0.29, 0.717) is 18.4 Å². The van der Waals surface area contributed by atoms with Crippen LogP contribution in [0.5, 0.6) is 0 Å². The lowest BCUT2D eigenvalue weighted by atomic mass is 10.0. The van der Waals surface area contributed by atoms with Gasteiger partial charge in [-0.1, -0.05) is 89.6 Å². The molecule has 1 aromatic rings. The van der Waals surface area contributed by atoms with Gasteiger partial charge in [0.2, 0.25) is 10.0 Å². The lowest BCUT2D eigenvalue weighted by Gasteiger charge is -2.27. The predicted octanol–water partition coefficient (Wildman–Crippen LogP) is 5.87. The molecule has 0 heterocycles. The van der Waals surface area contributed by atoms with Crippen LogP contribution in [0.2, 0.25) is 0 Å². The van der Waals surface area contributed by atoms with Crippen molar-refractivity contribution in [3.63, 3.8) is 0 Å². The van der Waals surface area contributed by atoms with Crippen LogP contribution in [0, 0.1) is 11.3 Å². The van der Waals surface area contributed by atoms with Gasteiger partial charge in [0.1, 0.15) is 6.04 Å². The van der Waals surface area contributed by atoms with Crippen molar-refractivity contribution in [2.24, 2.45) is 5.14 Å². The van der Waals surface area contributed by atoms with Crippen molar-refractivity contribution in [1.29, 1.82) is 5.26 Å². The van der Waals surface area contributed by atoms with E-state index in [2.05, 4.69) is 11.2 Å². The van der Waals surface area contributed by atoms with E-state index in [0.717, 1.165) is 11.3 Å². The maximum absolute atomic E-state index is 11.1. The smallest absolute Gasteiger partial charge is 0.326 e. The Morgan fingerprint density at radius 2 is 1.46 bits per heavy atom. The first kappa shape index (κ1) is 34.8. The van der Waals surface area contributed by atoms with Crippen LogP contribution < -0.4 is 5.14 Å². The van der Waals surface area contributed by atoms with E-state index in [9.17, 15) is 18.5 Å². The van der Waals surface area contributed by atoms with Gasteiger partial charge >= 0.3 is 5.97 Å². The quantitative estimate of drug-likeness (QED) is 0.443. The Labute approximate surface area is 214 Å². The van der Waals surface area contributed by atoms with Gasteiger partial charge in [-0.2, -0.15) is 5.26 Å². The maximum Gasteiger partial charge on any atom is 0.326 e. The lowest BCUT2D eigenvalue weighted by molar-refractivity contribution is -0.141. The maximum atomic E-state index is 11.1. The molecule has 0 bridgehead atoms. The van der Waals surface area contributed by atoms with E-state index >= 15 is 0 Å². The predicted molar refractivity (Wildman–Crippen MR) is 145 cm³/mol. The number of carboxylic acids is 1. The van der Waals surface area contributed by atoms with Crippen LogP contribution in [0.25, 0.3) is 0 Å². The summed E-state index contributed by atoms with van der Waals surface area (Å²) in [5.74, 6) is -0.893. The Balaban J connectivity index is 0. The van der Waals surface area contributed by atoms with Crippen LogP contribution in [0.15, 0.2) is 41.6 Å². The highest BCUT2D eigenvalue weighted by molar-refractivity contribution is 7.89. The zero-order valence-corrected chi connectivity index (χ0v) is 23.6. The zero-order chi connectivity index (χ0) is 27.4. The summed E-state index contributed by atoms with van der Waals surface area (Å²) in [5.41, 5.74) is 2.45. The van der Waals surface area contributed by atoms with E-state index < -0.39 is 27.3 Å². The van der Waals surface area contributed by atoms with Crippen molar-refractivity contribution in [2.45, 2.75) is 104 Å². The zero-order valence-electron chi connectivity index (χ0n) is 22.8. The first-order valence-corrected chi connectivity index (χ1v) is 14.2. The molecule has 1 fully saturated rings. The SMILES string of the molecule is C1CCCCC1.CC.CC(C)S(N)(=O)=O.CC/C(=C(\C#N)Cc1ccccc1)N(C)C(C)C(=O)O. The summed E-state index contributed by atoms with van der Waals surface area (Å²) in [6.07, 6.45) is 10.2. The average Bonchev–Trinajstić information content (AvgIpc) is 2.86. The number of allylic oxidation sites excluding steroid dienone is 2. The third kappa shape index (κ3) is 16.0. The van der Waals surface area contributed by atoms with Gasteiger partial charge in [-0.05, 0) is 32.8 Å². The van der Waals surface area contributed by atoms with Gasteiger partial charge < -0.3 is 10.0 Å². The van der Waals surface area contributed by atoms with Crippen LogP contribution >= 0.6 is 0 Å². The van der Waals surface area contributed by atoms with Gasteiger partial charge in [0.05, 0.1) is 16.9 Å². The number of rotatable bonds is 7. The molecule has 0 aromatic heterocycles. The monoisotopic (exact) mass is 509 g/mol. The van der Waals surface area contributed by atoms with Gasteiger partial charge in [0, 0.05) is 19.2 Å². The summed E-state index contributed by atoms with van der Waals surface area (Å²) < 4.78 is 20.2. The van der Waals surface area contributed by atoms with Crippen molar-refractivity contribution >= 4 is 16.0 Å². The number of sulfonamides is 1. The number of carboxylic acid groups (broad SMARTS) is 1. The van der Waals surface area contributed by atoms with E-state index in [1.54, 1.807) is 18.9 Å². The molecule has 200 valence electrons. The fourth-order valence-electron chi connectivity index (χ4n) is 3.14. The van der Waals surface area contributed by atoms with Crippen molar-refractivity contribution in [2.75, 3.05) is 7.05 Å². The summed E-state index contributed by atoms with van der Waals surface area (Å²) in [5, 5.41) is 22.7. The second kappa shape index (κ2) is 19.9. The fourth-order valence-corrected chi connectivity index (χ4v) is 3.14. The minimum Gasteiger partial charge on any atom is -0.480 e. The molecule has 1 aliphatic carbocycles. The highest BCUT2D eigenvalue weighted by atomic mass is 32.2. The number of primary sulfonamides is 1. The van der Waals surface area contributed by atoms with Crippen molar-refractivity contribution < 1.29 is 18.3 Å². The molecule has 0 saturated heterocycles. The first-order valence-electron chi connectivity index (χ1n) is 12.6. The van der Waals surface area contributed by atoms with Crippen LogP contribution in [-0.4, -0.2) is 42.7 Å². The van der Waals surface area contributed by atoms with Crippen LogP contribution in [0.1, 0.15) is 92.1 Å². The summed E-state index contributed by atoms with van der Waals surface area (Å²) in [4.78, 5) is 12.8. The molecule has 2 rings (SSSR count). The Morgan fingerprint density at radius 3 is 1.74 bits per heavy atom. The second-order valence-electron chi connectivity index (χ2n) is 8.44. The third-order valence-electron chi connectivity index (χ3n) is 5.56. The molecule has 8 heteroatoms. The molecule has 0 radical (unpaired) electrons. The Kier molecular flexibility index (Phi) is 19.8. The molecule has 1 saturated carbocycles. The number of benzene rings is 1. The second-order valence-corrected chi connectivity index (χ2v) is 10.6. The van der Waals surface area contributed by atoms with E-state index in [-0.39, 0.29) is 0 Å². The Bertz CT molecular complexity index is 860. The van der Waals surface area contributed by atoms with Crippen molar-refractivity contribution in [1.82, 2.24) is 4.90 Å². The number of carbonyl (C=O) groups is 1. The highest BCUT2D eigenvalue weighted by Crippen LogP contribution is 2.19. The number of hydrogen-bond donors (Lipinski definition) is 2. The van der Waals surface area contributed by atoms with E-state index in [1.165, 1.54) is 52.4 Å². The minimum atomic E-state index is -3.24. The van der Waals surface area contributed by atoms with E-state index in [1.807, 2.05) is 51.1 Å². The number of likely N-dealkylation sites (N-methyl/N-ethyl adjacent to an activating group) is 1. The molecule has 0 spiro atoms. The van der Waals surface area contributed by atoms with Gasteiger partial charge in [0.25, 0.3) is 0 Å². The van der Waals surface area contributed by atoms with Gasteiger partial charge in [0.15, 0.2) is 0 Å². The highest BCUT2D eigenvalue weighted by Gasteiger charge is 2.20. The molecule has 1 aliphatic rings.